The van der Waals surface area contributed by atoms with E-state index in [1.54, 1.807) is 18.5 Å². The van der Waals surface area contributed by atoms with Crippen molar-refractivity contribution in [2.24, 2.45) is 0 Å². The molecule has 0 amide bonds. The first-order valence-corrected chi connectivity index (χ1v) is 9.34. The van der Waals surface area contributed by atoms with Crippen molar-refractivity contribution >= 4 is 16.0 Å². The Morgan fingerprint density at radius 1 is 1.28 bits per heavy atom. The molecule has 0 spiro atoms. The zero-order valence-corrected chi connectivity index (χ0v) is 14.8. The third-order valence-corrected chi connectivity index (χ3v) is 6.38. The van der Waals surface area contributed by atoms with Crippen LogP contribution in [0.15, 0.2) is 35.2 Å². The third-order valence-electron chi connectivity index (χ3n) is 4.26. The Kier molecular flexibility index (Phi) is 4.63. The summed E-state index contributed by atoms with van der Waals surface area (Å²) in [5, 5.41) is 16.3. The van der Waals surface area contributed by atoms with Gasteiger partial charge < -0.3 is 10.4 Å². The van der Waals surface area contributed by atoms with Crippen LogP contribution in [0.3, 0.4) is 0 Å². The van der Waals surface area contributed by atoms with Gasteiger partial charge in [0.25, 0.3) is 0 Å². The first-order chi connectivity index (χ1) is 11.8. The van der Waals surface area contributed by atoms with Gasteiger partial charge in [0.2, 0.25) is 10.0 Å². The van der Waals surface area contributed by atoms with E-state index >= 15 is 0 Å². The Hall–Kier alpha value is -2.23. The van der Waals surface area contributed by atoms with E-state index in [0.29, 0.717) is 17.9 Å². The fourth-order valence-electron chi connectivity index (χ4n) is 3.06. The summed E-state index contributed by atoms with van der Waals surface area (Å²) in [5.74, 6) is -1.06. The summed E-state index contributed by atoms with van der Waals surface area (Å²) in [7, 11) is -3.83. The topological polar surface area (TPSA) is 105 Å². The molecule has 1 fully saturated rings. The number of carboxylic acids is 1. The molecule has 0 radical (unpaired) electrons. The van der Waals surface area contributed by atoms with Gasteiger partial charge in [-0.3, -0.25) is 4.79 Å². The normalized spacial score (nSPS) is 19.0. The molecule has 1 aliphatic heterocycles. The van der Waals surface area contributed by atoms with Crippen LogP contribution in [0.25, 0.3) is 5.69 Å². The second-order valence-electron chi connectivity index (χ2n) is 5.96. The highest BCUT2D eigenvalue weighted by Gasteiger charge is 2.36. The van der Waals surface area contributed by atoms with E-state index in [2.05, 4.69) is 10.4 Å². The lowest BCUT2D eigenvalue weighted by molar-refractivity contribution is -0.140. The molecule has 8 nitrogen and oxygen atoms in total. The van der Waals surface area contributed by atoms with Crippen LogP contribution in [-0.2, 0) is 14.8 Å². The summed E-state index contributed by atoms with van der Waals surface area (Å²) in [6.45, 7) is 3.77. The molecule has 3 rings (SSSR count). The van der Waals surface area contributed by atoms with Crippen molar-refractivity contribution in [3.8, 4) is 5.69 Å². The van der Waals surface area contributed by atoms with E-state index in [-0.39, 0.29) is 18.0 Å². The van der Waals surface area contributed by atoms with Gasteiger partial charge in [0, 0.05) is 19.6 Å². The van der Waals surface area contributed by atoms with Gasteiger partial charge in [-0.1, -0.05) is 18.2 Å². The lowest BCUT2D eigenvalue weighted by Crippen LogP contribution is -2.55. The van der Waals surface area contributed by atoms with Gasteiger partial charge in [-0.05, 0) is 26.0 Å². The number of hydrogen-bond donors (Lipinski definition) is 2. The van der Waals surface area contributed by atoms with E-state index in [4.69, 9.17) is 5.11 Å². The molecule has 0 aliphatic carbocycles. The molecule has 25 heavy (non-hydrogen) atoms. The van der Waals surface area contributed by atoms with Gasteiger partial charge in [0.1, 0.15) is 10.9 Å². The summed E-state index contributed by atoms with van der Waals surface area (Å²) in [6.07, 6.45) is 0. The fraction of sp³-hybridized carbons (Fsp3) is 0.375. The molecule has 134 valence electrons. The van der Waals surface area contributed by atoms with E-state index in [9.17, 15) is 13.2 Å². The number of sulfonamides is 1. The standard InChI is InChI=1S/C16H20N4O4S/c1-11-15(12(2)20(18-11)13-6-4-3-5-7-13)25(23,24)19-9-8-17-14(10-19)16(21)22/h3-7,14,17H,8-10H2,1-2H3,(H,21,22). The molecule has 1 aromatic heterocycles. The van der Waals surface area contributed by atoms with E-state index in [0.717, 1.165) is 5.69 Å². The van der Waals surface area contributed by atoms with Crippen LogP contribution in [-0.4, -0.2) is 59.3 Å². The molecule has 1 saturated heterocycles. The number of piperazine rings is 1. The minimum absolute atomic E-state index is 0.104. The van der Waals surface area contributed by atoms with Crippen LogP contribution in [0.4, 0.5) is 0 Å². The van der Waals surface area contributed by atoms with Crippen LogP contribution < -0.4 is 5.32 Å². The molecule has 0 bridgehead atoms. The maximum Gasteiger partial charge on any atom is 0.322 e. The first kappa shape index (κ1) is 17.6. The van der Waals surface area contributed by atoms with Crippen molar-refractivity contribution in [3.63, 3.8) is 0 Å². The Balaban J connectivity index is 2.01. The van der Waals surface area contributed by atoms with Crippen molar-refractivity contribution in [1.29, 1.82) is 0 Å². The highest BCUT2D eigenvalue weighted by Crippen LogP contribution is 2.26. The summed E-state index contributed by atoms with van der Waals surface area (Å²) in [4.78, 5) is 11.3. The average Bonchev–Trinajstić information content (AvgIpc) is 2.91. The molecule has 2 heterocycles. The lowest BCUT2D eigenvalue weighted by atomic mass is 10.2. The predicted molar refractivity (Wildman–Crippen MR) is 91.2 cm³/mol. The molecule has 1 atom stereocenters. The summed E-state index contributed by atoms with van der Waals surface area (Å²) in [5.41, 5.74) is 1.68. The third kappa shape index (κ3) is 3.17. The minimum atomic E-state index is -3.83. The molecule has 0 saturated carbocycles. The number of aryl methyl sites for hydroxylation is 1. The average molecular weight is 364 g/mol. The molecule has 1 unspecified atom stereocenters. The van der Waals surface area contributed by atoms with E-state index in [1.807, 2.05) is 30.3 Å². The Morgan fingerprint density at radius 2 is 1.96 bits per heavy atom. The van der Waals surface area contributed by atoms with Gasteiger partial charge in [-0.2, -0.15) is 9.40 Å². The van der Waals surface area contributed by atoms with Gasteiger partial charge in [0.05, 0.1) is 17.1 Å². The van der Waals surface area contributed by atoms with Crippen LogP contribution in [0.5, 0.6) is 0 Å². The number of benzene rings is 1. The van der Waals surface area contributed by atoms with Crippen molar-refractivity contribution < 1.29 is 18.3 Å². The quantitative estimate of drug-likeness (QED) is 0.820. The molecule has 9 heteroatoms. The maximum atomic E-state index is 13.1. The van der Waals surface area contributed by atoms with Crippen molar-refractivity contribution in [2.75, 3.05) is 19.6 Å². The van der Waals surface area contributed by atoms with Crippen LogP contribution >= 0.6 is 0 Å². The zero-order valence-electron chi connectivity index (χ0n) is 14.0. The second kappa shape index (κ2) is 6.58. The highest BCUT2D eigenvalue weighted by atomic mass is 32.2. The molecule has 2 aromatic rings. The van der Waals surface area contributed by atoms with Gasteiger partial charge in [-0.15, -0.1) is 0 Å². The second-order valence-corrected chi connectivity index (χ2v) is 7.83. The maximum absolute atomic E-state index is 13.1. The predicted octanol–water partition coefficient (Wildman–Crippen LogP) is 0.536. The number of rotatable bonds is 4. The molecule has 1 aromatic carbocycles. The summed E-state index contributed by atoms with van der Waals surface area (Å²) >= 11 is 0. The van der Waals surface area contributed by atoms with Gasteiger partial charge >= 0.3 is 5.97 Å². The van der Waals surface area contributed by atoms with Crippen molar-refractivity contribution in [1.82, 2.24) is 19.4 Å². The minimum Gasteiger partial charge on any atom is -0.480 e. The van der Waals surface area contributed by atoms with Crippen molar-refractivity contribution in [2.45, 2.75) is 24.8 Å². The Bertz CT molecular complexity index is 892. The number of aromatic nitrogens is 2. The summed E-state index contributed by atoms with van der Waals surface area (Å²) < 4.78 is 29.0. The molecular weight excluding hydrogens is 344 g/mol. The van der Waals surface area contributed by atoms with Crippen LogP contribution in [0.2, 0.25) is 0 Å². The first-order valence-electron chi connectivity index (χ1n) is 7.90. The Labute approximate surface area is 146 Å². The number of nitrogens with one attached hydrogen (secondary N) is 1. The van der Waals surface area contributed by atoms with Crippen LogP contribution in [0, 0.1) is 13.8 Å². The van der Waals surface area contributed by atoms with Gasteiger partial charge in [0.15, 0.2) is 0 Å². The smallest absolute Gasteiger partial charge is 0.322 e. The van der Waals surface area contributed by atoms with E-state index < -0.39 is 22.0 Å². The number of carboxylic acid groups (broad SMARTS) is 1. The number of nitrogens with zero attached hydrogens (tertiary/aromatic N) is 3. The van der Waals surface area contributed by atoms with Crippen molar-refractivity contribution in [3.05, 3.63) is 41.7 Å². The van der Waals surface area contributed by atoms with Gasteiger partial charge in [-0.25, -0.2) is 13.1 Å². The largest absolute Gasteiger partial charge is 0.480 e. The molecular formula is C16H20N4O4S. The number of hydrogen-bond acceptors (Lipinski definition) is 5. The lowest BCUT2D eigenvalue weighted by Gasteiger charge is -2.30. The number of carbonyl (C=O) groups is 1. The number of aliphatic carboxylic acids is 1. The summed E-state index contributed by atoms with van der Waals surface area (Å²) in [6, 6.07) is 8.37. The molecule has 2 N–H and O–H groups in total. The van der Waals surface area contributed by atoms with Crippen LogP contribution in [0.1, 0.15) is 11.4 Å². The number of para-hydroxylation sites is 1. The fourth-order valence-corrected chi connectivity index (χ4v) is 4.87. The zero-order chi connectivity index (χ0) is 18.2. The SMILES string of the molecule is Cc1nn(-c2ccccc2)c(C)c1S(=O)(=O)N1CCNC(C(=O)O)C1. The molecule has 1 aliphatic rings. The van der Waals surface area contributed by atoms with E-state index in [1.165, 1.54) is 4.31 Å². The highest BCUT2D eigenvalue weighted by molar-refractivity contribution is 7.89. The Morgan fingerprint density at radius 3 is 2.60 bits per heavy atom. The monoisotopic (exact) mass is 364 g/mol.